The van der Waals surface area contributed by atoms with Crippen molar-refractivity contribution in [2.75, 3.05) is 11.5 Å². The van der Waals surface area contributed by atoms with E-state index in [1.807, 2.05) is 12.1 Å². The summed E-state index contributed by atoms with van der Waals surface area (Å²) in [6, 6.07) is 5.61. The van der Waals surface area contributed by atoms with E-state index in [9.17, 15) is 0 Å². The highest BCUT2D eigenvalue weighted by Crippen LogP contribution is 2.38. The van der Waals surface area contributed by atoms with Gasteiger partial charge in [0.1, 0.15) is 34.4 Å². The maximum Gasteiger partial charge on any atom is 0.209 e. The Balaban J connectivity index is 2.61. The fraction of sp³-hybridized carbons (Fsp3) is 0.0769. The van der Waals surface area contributed by atoms with Gasteiger partial charge in [-0.15, -0.1) is 0 Å². The fourth-order valence-electron chi connectivity index (χ4n) is 2.29. The number of anilines is 2. The lowest BCUT2D eigenvalue weighted by Gasteiger charge is -1.97. The highest BCUT2D eigenvalue weighted by atomic mass is 16.4. The van der Waals surface area contributed by atoms with Gasteiger partial charge >= 0.3 is 0 Å². The van der Waals surface area contributed by atoms with Gasteiger partial charge in [0.25, 0.3) is 0 Å². The van der Waals surface area contributed by atoms with Crippen molar-refractivity contribution in [3.8, 4) is 12.1 Å². The summed E-state index contributed by atoms with van der Waals surface area (Å²) in [6.07, 6.45) is 0. The first-order valence-electron chi connectivity index (χ1n) is 5.42. The first kappa shape index (κ1) is 11.0. The summed E-state index contributed by atoms with van der Waals surface area (Å²) in [7, 11) is 0. The van der Waals surface area contributed by atoms with Crippen LogP contribution in [0, 0.1) is 29.6 Å². The van der Waals surface area contributed by atoms with Gasteiger partial charge < -0.3 is 20.3 Å². The van der Waals surface area contributed by atoms with Crippen LogP contribution in [0.25, 0.3) is 21.9 Å². The van der Waals surface area contributed by atoms with Crippen molar-refractivity contribution in [1.82, 2.24) is 0 Å². The molecule has 6 heteroatoms. The molecule has 3 aromatic rings. The predicted octanol–water partition coefficient (Wildman–Crippen LogP) is 2.40. The Hall–Kier alpha value is -3.12. The molecule has 4 N–H and O–H groups in total. The Labute approximate surface area is 107 Å². The average Bonchev–Trinajstić information content (AvgIpc) is 2.86. The zero-order chi connectivity index (χ0) is 13.7. The maximum absolute atomic E-state index is 9.11. The highest BCUT2D eigenvalue weighted by Gasteiger charge is 2.21. The summed E-state index contributed by atoms with van der Waals surface area (Å²) in [5, 5.41) is 19.3. The SMILES string of the molecule is Cc1c2oc(N)c(C#N)c2cc2oc(N)c(C#N)c12. The molecule has 1 aromatic carbocycles. The number of benzene rings is 1. The molecule has 92 valence electrons. The smallest absolute Gasteiger partial charge is 0.209 e. The number of fused-ring (bicyclic) bond motifs is 2. The molecule has 0 spiro atoms. The van der Waals surface area contributed by atoms with E-state index in [0.717, 1.165) is 0 Å². The van der Waals surface area contributed by atoms with Gasteiger partial charge in [0.15, 0.2) is 0 Å². The number of rotatable bonds is 0. The third-order valence-corrected chi connectivity index (χ3v) is 3.15. The normalized spacial score (nSPS) is 10.7. The number of hydrogen-bond donors (Lipinski definition) is 2. The molecule has 0 aliphatic rings. The van der Waals surface area contributed by atoms with Crippen LogP contribution in [0.3, 0.4) is 0 Å². The van der Waals surface area contributed by atoms with Crippen molar-refractivity contribution in [3.05, 3.63) is 22.8 Å². The molecule has 0 aliphatic heterocycles. The quantitative estimate of drug-likeness (QED) is 0.632. The van der Waals surface area contributed by atoms with E-state index >= 15 is 0 Å². The lowest BCUT2D eigenvalue weighted by atomic mass is 10.0. The molecular weight excluding hydrogens is 244 g/mol. The van der Waals surface area contributed by atoms with Crippen molar-refractivity contribution in [2.45, 2.75) is 6.92 Å². The molecule has 0 saturated carbocycles. The third-order valence-electron chi connectivity index (χ3n) is 3.15. The van der Waals surface area contributed by atoms with Crippen molar-refractivity contribution < 1.29 is 8.83 Å². The summed E-state index contributed by atoms with van der Waals surface area (Å²) in [6.45, 7) is 1.77. The molecule has 19 heavy (non-hydrogen) atoms. The summed E-state index contributed by atoms with van der Waals surface area (Å²) < 4.78 is 10.8. The molecule has 0 amide bonds. The monoisotopic (exact) mass is 252 g/mol. The molecule has 0 atom stereocenters. The van der Waals surface area contributed by atoms with Crippen LogP contribution in [-0.2, 0) is 0 Å². The fourth-order valence-corrected chi connectivity index (χ4v) is 2.29. The van der Waals surface area contributed by atoms with E-state index in [-0.39, 0.29) is 22.9 Å². The van der Waals surface area contributed by atoms with Crippen molar-refractivity contribution in [2.24, 2.45) is 0 Å². The Morgan fingerprint density at radius 2 is 1.68 bits per heavy atom. The van der Waals surface area contributed by atoms with E-state index in [0.29, 0.717) is 27.5 Å². The van der Waals surface area contributed by atoms with E-state index < -0.39 is 0 Å². The van der Waals surface area contributed by atoms with Crippen LogP contribution in [0.15, 0.2) is 14.9 Å². The molecule has 2 heterocycles. The molecule has 2 aromatic heterocycles. The van der Waals surface area contributed by atoms with Gasteiger partial charge in [0.05, 0.1) is 0 Å². The molecule has 0 bridgehead atoms. The van der Waals surface area contributed by atoms with E-state index in [4.69, 9.17) is 30.8 Å². The third kappa shape index (κ3) is 1.23. The average molecular weight is 252 g/mol. The van der Waals surface area contributed by atoms with Crippen molar-refractivity contribution >= 4 is 33.7 Å². The van der Waals surface area contributed by atoms with E-state index in [2.05, 4.69) is 0 Å². The lowest BCUT2D eigenvalue weighted by Crippen LogP contribution is -1.85. The highest BCUT2D eigenvalue weighted by molar-refractivity contribution is 6.04. The zero-order valence-electron chi connectivity index (χ0n) is 9.94. The van der Waals surface area contributed by atoms with E-state index in [1.165, 1.54) is 0 Å². The van der Waals surface area contributed by atoms with E-state index in [1.54, 1.807) is 13.0 Å². The maximum atomic E-state index is 9.11. The van der Waals surface area contributed by atoms with Gasteiger partial charge in [-0.25, -0.2) is 0 Å². The summed E-state index contributed by atoms with van der Waals surface area (Å²) in [5.74, 6) is 0.111. The molecule has 3 rings (SSSR count). The number of nitrogens with zero attached hydrogens (tertiary/aromatic N) is 2. The van der Waals surface area contributed by atoms with Crippen LogP contribution in [0.1, 0.15) is 16.7 Å². The molecule has 6 nitrogen and oxygen atoms in total. The van der Waals surface area contributed by atoms with Crippen molar-refractivity contribution in [3.63, 3.8) is 0 Å². The Morgan fingerprint density at radius 1 is 1.05 bits per heavy atom. The minimum absolute atomic E-state index is 0.0553. The van der Waals surface area contributed by atoms with Crippen LogP contribution in [-0.4, -0.2) is 0 Å². The number of furan rings is 2. The van der Waals surface area contributed by atoms with Gasteiger partial charge in [-0.3, -0.25) is 0 Å². The molecule has 0 saturated heterocycles. The second kappa shape index (κ2) is 3.44. The summed E-state index contributed by atoms with van der Waals surface area (Å²) in [5.41, 5.74) is 13.4. The first-order chi connectivity index (χ1) is 9.08. The Kier molecular flexibility index (Phi) is 1.99. The number of nitrogen functional groups attached to an aromatic ring is 2. The minimum Gasteiger partial charge on any atom is -0.439 e. The summed E-state index contributed by atoms with van der Waals surface area (Å²) in [4.78, 5) is 0. The standard InChI is InChI=1S/C13H8N4O2/c1-5-10-8(4-15)13(17)18-9(10)2-6-7(3-14)12(16)19-11(5)6/h2H,16-17H2,1H3. The van der Waals surface area contributed by atoms with Crippen LogP contribution < -0.4 is 11.5 Å². The second-order valence-corrected chi connectivity index (χ2v) is 4.16. The largest absolute Gasteiger partial charge is 0.439 e. The number of nitrogens with two attached hydrogens (primary N) is 2. The predicted molar refractivity (Wildman–Crippen MR) is 69.0 cm³/mol. The number of nitriles is 2. The van der Waals surface area contributed by atoms with Crippen LogP contribution in [0.2, 0.25) is 0 Å². The molecule has 0 fully saturated rings. The lowest BCUT2D eigenvalue weighted by molar-refractivity contribution is 0.630. The van der Waals surface area contributed by atoms with Gasteiger partial charge in [-0.05, 0) is 13.0 Å². The molecule has 0 radical (unpaired) electrons. The first-order valence-corrected chi connectivity index (χ1v) is 5.42. The molecule has 0 unspecified atom stereocenters. The Bertz CT molecular complexity index is 919. The van der Waals surface area contributed by atoms with Gasteiger partial charge in [-0.1, -0.05) is 0 Å². The van der Waals surface area contributed by atoms with Gasteiger partial charge in [0.2, 0.25) is 11.8 Å². The van der Waals surface area contributed by atoms with Crippen LogP contribution in [0.4, 0.5) is 11.8 Å². The second-order valence-electron chi connectivity index (χ2n) is 4.16. The zero-order valence-corrected chi connectivity index (χ0v) is 9.94. The van der Waals surface area contributed by atoms with Crippen molar-refractivity contribution in [1.29, 1.82) is 10.5 Å². The number of hydrogen-bond acceptors (Lipinski definition) is 6. The summed E-state index contributed by atoms with van der Waals surface area (Å²) >= 11 is 0. The Morgan fingerprint density at radius 3 is 2.32 bits per heavy atom. The number of aryl methyl sites for hydroxylation is 1. The topological polar surface area (TPSA) is 126 Å². The minimum atomic E-state index is 0.0553. The molecule has 0 aliphatic carbocycles. The van der Waals surface area contributed by atoms with Crippen LogP contribution >= 0.6 is 0 Å². The molecular formula is C13H8N4O2. The van der Waals surface area contributed by atoms with Crippen LogP contribution in [0.5, 0.6) is 0 Å². The van der Waals surface area contributed by atoms with Gasteiger partial charge in [0, 0.05) is 16.3 Å². The van der Waals surface area contributed by atoms with Gasteiger partial charge in [-0.2, -0.15) is 10.5 Å².